The van der Waals surface area contributed by atoms with Gasteiger partial charge in [-0.2, -0.15) is 10.4 Å². The number of aromatic nitrogens is 2. The largest absolute Gasteiger partial charge is 0.313 e. The van der Waals surface area contributed by atoms with Crippen molar-refractivity contribution in [3.63, 3.8) is 0 Å². The second kappa shape index (κ2) is 4.64. The summed E-state index contributed by atoms with van der Waals surface area (Å²) >= 11 is 0. The molecular weight excluding hydrogens is 202 g/mol. The smallest absolute Gasteiger partial charge is 0.111 e. The quantitative estimate of drug-likeness (QED) is 0.762. The van der Waals surface area contributed by atoms with Crippen LogP contribution in [0.4, 0.5) is 0 Å². The molecule has 1 aliphatic rings. The third-order valence-electron chi connectivity index (χ3n) is 2.97. The molecule has 16 heavy (non-hydrogen) atoms. The molecule has 0 saturated carbocycles. The van der Waals surface area contributed by atoms with Crippen LogP contribution in [-0.4, -0.2) is 40.4 Å². The van der Waals surface area contributed by atoms with Gasteiger partial charge < -0.3 is 5.32 Å². The van der Waals surface area contributed by atoms with Crippen LogP contribution in [0.1, 0.15) is 11.4 Å². The molecule has 1 fully saturated rings. The van der Waals surface area contributed by atoms with E-state index < -0.39 is 0 Å². The van der Waals surface area contributed by atoms with Crippen LogP contribution in [-0.2, 0) is 13.6 Å². The van der Waals surface area contributed by atoms with Crippen LogP contribution < -0.4 is 5.32 Å². The molecule has 0 radical (unpaired) electrons. The molecule has 0 aliphatic carbocycles. The molecule has 1 atom stereocenters. The van der Waals surface area contributed by atoms with Crippen LogP contribution in [0.15, 0.2) is 6.07 Å². The van der Waals surface area contributed by atoms with Crippen molar-refractivity contribution < 1.29 is 0 Å². The first-order valence-corrected chi connectivity index (χ1v) is 5.54. The highest BCUT2D eigenvalue weighted by Crippen LogP contribution is 2.10. The Labute approximate surface area is 95.7 Å². The van der Waals surface area contributed by atoms with Crippen molar-refractivity contribution in [1.29, 1.82) is 5.26 Å². The number of piperazine rings is 1. The van der Waals surface area contributed by atoms with E-state index in [9.17, 15) is 0 Å². The molecule has 1 aliphatic heterocycles. The Morgan fingerprint density at radius 3 is 3.12 bits per heavy atom. The number of rotatable bonds is 2. The maximum absolute atomic E-state index is 9.06. The standard InChI is InChI=1S/C11H17N5/c1-9-5-10(15(2)14-9)8-16-4-3-13-7-11(16)6-12/h5,11,13H,3-4,7-8H2,1-2H3. The molecule has 5 heteroatoms. The Hall–Kier alpha value is -1.38. The predicted octanol–water partition coefficient (Wildman–Crippen LogP) is 0.0259. The van der Waals surface area contributed by atoms with Crippen LogP contribution in [0.2, 0.25) is 0 Å². The summed E-state index contributed by atoms with van der Waals surface area (Å²) in [5.41, 5.74) is 2.20. The molecule has 1 N–H and O–H groups in total. The van der Waals surface area contributed by atoms with Crippen molar-refractivity contribution in [2.24, 2.45) is 7.05 Å². The van der Waals surface area contributed by atoms with Gasteiger partial charge in [0.15, 0.2) is 0 Å². The van der Waals surface area contributed by atoms with E-state index in [1.54, 1.807) is 0 Å². The maximum atomic E-state index is 9.06. The Kier molecular flexibility index (Phi) is 3.22. The summed E-state index contributed by atoms with van der Waals surface area (Å²) in [7, 11) is 1.95. The van der Waals surface area contributed by atoms with Crippen molar-refractivity contribution in [3.8, 4) is 6.07 Å². The Morgan fingerprint density at radius 2 is 2.50 bits per heavy atom. The third kappa shape index (κ3) is 2.23. The first kappa shape index (κ1) is 11.1. The zero-order valence-corrected chi connectivity index (χ0v) is 9.77. The van der Waals surface area contributed by atoms with E-state index in [-0.39, 0.29) is 6.04 Å². The van der Waals surface area contributed by atoms with Gasteiger partial charge in [0.25, 0.3) is 0 Å². The minimum absolute atomic E-state index is 0.0241. The molecule has 1 aromatic rings. The lowest BCUT2D eigenvalue weighted by atomic mass is 10.2. The summed E-state index contributed by atoms with van der Waals surface area (Å²) in [6.45, 7) is 5.42. The van der Waals surface area contributed by atoms with Crippen LogP contribution in [0, 0.1) is 18.3 Å². The van der Waals surface area contributed by atoms with Crippen LogP contribution >= 0.6 is 0 Å². The Morgan fingerprint density at radius 1 is 1.69 bits per heavy atom. The monoisotopic (exact) mass is 219 g/mol. The minimum Gasteiger partial charge on any atom is -0.313 e. The SMILES string of the molecule is Cc1cc(CN2CCNCC2C#N)n(C)n1. The molecule has 0 amide bonds. The van der Waals surface area contributed by atoms with E-state index in [0.717, 1.165) is 31.9 Å². The van der Waals surface area contributed by atoms with Gasteiger partial charge in [0.1, 0.15) is 6.04 Å². The molecule has 0 spiro atoms. The Balaban J connectivity index is 2.08. The highest BCUT2D eigenvalue weighted by Gasteiger charge is 2.22. The lowest BCUT2D eigenvalue weighted by molar-refractivity contribution is 0.185. The van der Waals surface area contributed by atoms with E-state index in [4.69, 9.17) is 5.26 Å². The van der Waals surface area contributed by atoms with E-state index in [2.05, 4.69) is 27.5 Å². The lowest BCUT2D eigenvalue weighted by Crippen LogP contribution is -2.50. The van der Waals surface area contributed by atoms with E-state index >= 15 is 0 Å². The van der Waals surface area contributed by atoms with Gasteiger partial charge in [0.05, 0.1) is 17.5 Å². The summed E-state index contributed by atoms with van der Waals surface area (Å²) in [5, 5.41) is 16.6. The maximum Gasteiger partial charge on any atom is 0.111 e. The van der Waals surface area contributed by atoms with E-state index in [1.165, 1.54) is 5.69 Å². The third-order valence-corrected chi connectivity index (χ3v) is 2.97. The summed E-state index contributed by atoms with van der Waals surface area (Å²) in [5.74, 6) is 0. The summed E-state index contributed by atoms with van der Waals surface area (Å²) < 4.78 is 1.89. The van der Waals surface area contributed by atoms with E-state index in [1.807, 2.05) is 18.7 Å². The zero-order valence-electron chi connectivity index (χ0n) is 9.77. The molecule has 2 heterocycles. The molecule has 0 aromatic carbocycles. The van der Waals surface area contributed by atoms with Gasteiger partial charge in [-0.15, -0.1) is 0 Å². The molecular formula is C11H17N5. The molecule has 1 saturated heterocycles. The molecule has 1 aromatic heterocycles. The first-order chi connectivity index (χ1) is 7.70. The van der Waals surface area contributed by atoms with Crippen LogP contribution in [0.5, 0.6) is 0 Å². The fraction of sp³-hybridized carbons (Fsp3) is 0.636. The first-order valence-electron chi connectivity index (χ1n) is 5.54. The van der Waals surface area contributed by atoms with Gasteiger partial charge in [-0.1, -0.05) is 0 Å². The van der Waals surface area contributed by atoms with Gasteiger partial charge in [-0.05, 0) is 13.0 Å². The van der Waals surface area contributed by atoms with Crippen molar-refractivity contribution in [2.45, 2.75) is 19.5 Å². The normalized spacial score (nSPS) is 21.9. The average molecular weight is 219 g/mol. The molecule has 1 unspecified atom stereocenters. The highest BCUT2D eigenvalue weighted by molar-refractivity contribution is 5.10. The average Bonchev–Trinajstić information content (AvgIpc) is 2.58. The zero-order chi connectivity index (χ0) is 11.5. The van der Waals surface area contributed by atoms with Crippen molar-refractivity contribution in [2.75, 3.05) is 19.6 Å². The van der Waals surface area contributed by atoms with Crippen LogP contribution in [0.3, 0.4) is 0 Å². The fourth-order valence-corrected chi connectivity index (χ4v) is 2.08. The Bertz CT molecular complexity index is 403. The van der Waals surface area contributed by atoms with E-state index in [0.29, 0.717) is 0 Å². The second-order valence-corrected chi connectivity index (χ2v) is 4.22. The summed E-state index contributed by atoms with van der Waals surface area (Å²) in [6, 6.07) is 4.39. The molecule has 86 valence electrons. The summed E-state index contributed by atoms with van der Waals surface area (Å²) in [4.78, 5) is 2.20. The lowest BCUT2D eigenvalue weighted by Gasteiger charge is -2.31. The van der Waals surface area contributed by atoms with Crippen molar-refractivity contribution in [1.82, 2.24) is 20.0 Å². The minimum atomic E-state index is -0.0241. The number of nitrogens with zero attached hydrogens (tertiary/aromatic N) is 4. The van der Waals surface area contributed by atoms with Gasteiger partial charge in [0.2, 0.25) is 0 Å². The van der Waals surface area contributed by atoms with Gasteiger partial charge in [-0.25, -0.2) is 0 Å². The van der Waals surface area contributed by atoms with Gasteiger partial charge >= 0.3 is 0 Å². The number of nitrogens with one attached hydrogen (secondary N) is 1. The van der Waals surface area contributed by atoms with Gasteiger partial charge in [-0.3, -0.25) is 9.58 Å². The number of aryl methyl sites for hydroxylation is 2. The topological polar surface area (TPSA) is 56.9 Å². The van der Waals surface area contributed by atoms with Crippen molar-refractivity contribution in [3.05, 3.63) is 17.5 Å². The summed E-state index contributed by atoms with van der Waals surface area (Å²) in [6.07, 6.45) is 0. The number of hydrogen-bond acceptors (Lipinski definition) is 4. The van der Waals surface area contributed by atoms with Crippen LogP contribution in [0.25, 0.3) is 0 Å². The fourth-order valence-electron chi connectivity index (χ4n) is 2.08. The number of nitriles is 1. The van der Waals surface area contributed by atoms with Gasteiger partial charge in [0, 0.05) is 33.2 Å². The molecule has 2 rings (SSSR count). The molecule has 5 nitrogen and oxygen atoms in total. The highest BCUT2D eigenvalue weighted by atomic mass is 15.3. The molecule has 0 bridgehead atoms. The van der Waals surface area contributed by atoms with Crippen molar-refractivity contribution >= 4 is 0 Å². The number of hydrogen-bond donors (Lipinski definition) is 1. The predicted molar refractivity (Wildman–Crippen MR) is 60.6 cm³/mol. The second-order valence-electron chi connectivity index (χ2n) is 4.22.